The summed E-state index contributed by atoms with van der Waals surface area (Å²) in [6, 6.07) is 14.8. The van der Waals surface area contributed by atoms with Crippen molar-refractivity contribution >= 4 is 57.1 Å². The number of carbonyl (C=O) groups excluding carboxylic acids is 3. The summed E-state index contributed by atoms with van der Waals surface area (Å²) in [5.74, 6) is -1.40. The molecule has 0 aromatic heterocycles. The van der Waals surface area contributed by atoms with Gasteiger partial charge in [-0.3, -0.25) is 14.9 Å². The van der Waals surface area contributed by atoms with Crippen molar-refractivity contribution in [3.05, 3.63) is 111 Å². The molecule has 0 saturated carbocycles. The molecule has 0 bridgehead atoms. The molecule has 6 nitrogen and oxygen atoms in total. The SMILES string of the molecule is C=CCc1cc(/C=C2\C(=O)NC(=O)N(c3ccc(Cl)cc3)C2=O)cc(Br)c1OCc1cccc(F)c1. The number of barbiturate groups is 1. The average Bonchev–Trinajstić information content (AvgIpc) is 2.82. The van der Waals surface area contributed by atoms with Crippen LogP contribution in [0.5, 0.6) is 5.75 Å². The van der Waals surface area contributed by atoms with Gasteiger partial charge in [-0.2, -0.15) is 0 Å². The summed E-state index contributed by atoms with van der Waals surface area (Å²) in [5.41, 5.74) is 1.98. The molecule has 1 saturated heterocycles. The van der Waals surface area contributed by atoms with Gasteiger partial charge in [-0.15, -0.1) is 6.58 Å². The number of nitrogens with one attached hydrogen (secondary N) is 1. The van der Waals surface area contributed by atoms with Gasteiger partial charge in [0, 0.05) is 5.02 Å². The van der Waals surface area contributed by atoms with Crippen molar-refractivity contribution in [2.24, 2.45) is 0 Å². The maximum absolute atomic E-state index is 13.5. The Kier molecular flexibility index (Phi) is 7.67. The maximum atomic E-state index is 13.5. The molecule has 0 aliphatic carbocycles. The lowest BCUT2D eigenvalue weighted by atomic mass is 10.0. The molecule has 1 fully saturated rings. The molecule has 1 aliphatic rings. The monoisotopic (exact) mass is 568 g/mol. The van der Waals surface area contributed by atoms with Crippen molar-refractivity contribution in [1.82, 2.24) is 5.32 Å². The van der Waals surface area contributed by atoms with Crippen LogP contribution in [0, 0.1) is 5.82 Å². The molecule has 36 heavy (non-hydrogen) atoms. The zero-order valence-electron chi connectivity index (χ0n) is 18.8. The largest absolute Gasteiger partial charge is 0.487 e. The fourth-order valence-electron chi connectivity index (χ4n) is 3.66. The average molecular weight is 570 g/mol. The molecular weight excluding hydrogens is 551 g/mol. The van der Waals surface area contributed by atoms with Crippen LogP contribution < -0.4 is 15.0 Å². The van der Waals surface area contributed by atoms with E-state index in [1.807, 2.05) is 0 Å². The zero-order chi connectivity index (χ0) is 25.8. The third kappa shape index (κ3) is 5.56. The molecule has 0 radical (unpaired) electrons. The van der Waals surface area contributed by atoms with Crippen LogP contribution in [-0.2, 0) is 22.6 Å². The molecule has 3 aromatic rings. The first-order chi connectivity index (χ1) is 17.3. The van der Waals surface area contributed by atoms with Gasteiger partial charge in [0.25, 0.3) is 11.8 Å². The van der Waals surface area contributed by atoms with Gasteiger partial charge < -0.3 is 4.74 Å². The number of carbonyl (C=O) groups is 3. The minimum Gasteiger partial charge on any atom is -0.487 e. The minimum absolute atomic E-state index is 0.139. The summed E-state index contributed by atoms with van der Waals surface area (Å²) in [4.78, 5) is 39.0. The predicted molar refractivity (Wildman–Crippen MR) is 139 cm³/mol. The lowest BCUT2D eigenvalue weighted by Gasteiger charge is -2.26. The first-order valence-electron chi connectivity index (χ1n) is 10.7. The Hall–Kier alpha value is -3.75. The Morgan fingerprint density at radius 3 is 2.53 bits per heavy atom. The number of ether oxygens (including phenoxy) is 1. The van der Waals surface area contributed by atoms with Crippen molar-refractivity contribution in [2.75, 3.05) is 4.90 Å². The van der Waals surface area contributed by atoms with Crippen molar-refractivity contribution < 1.29 is 23.5 Å². The van der Waals surface area contributed by atoms with Crippen molar-refractivity contribution in [2.45, 2.75) is 13.0 Å². The second kappa shape index (κ2) is 10.9. The van der Waals surface area contributed by atoms with Gasteiger partial charge in [0.05, 0.1) is 10.2 Å². The number of imide groups is 2. The van der Waals surface area contributed by atoms with Crippen LogP contribution in [0.3, 0.4) is 0 Å². The topological polar surface area (TPSA) is 75.7 Å². The van der Waals surface area contributed by atoms with E-state index in [2.05, 4.69) is 27.8 Å². The molecular formula is C27H19BrClFN2O4. The Balaban J connectivity index is 1.66. The summed E-state index contributed by atoms with van der Waals surface area (Å²) in [7, 11) is 0. The summed E-state index contributed by atoms with van der Waals surface area (Å²) >= 11 is 9.40. The van der Waals surface area contributed by atoms with E-state index in [0.29, 0.717) is 32.8 Å². The second-order valence-electron chi connectivity index (χ2n) is 7.84. The van der Waals surface area contributed by atoms with Crippen LogP contribution in [-0.4, -0.2) is 17.8 Å². The van der Waals surface area contributed by atoms with E-state index >= 15 is 0 Å². The number of urea groups is 1. The Morgan fingerprint density at radius 1 is 1.08 bits per heavy atom. The van der Waals surface area contributed by atoms with Crippen molar-refractivity contribution in [3.8, 4) is 5.75 Å². The van der Waals surface area contributed by atoms with Gasteiger partial charge >= 0.3 is 6.03 Å². The number of anilines is 1. The highest BCUT2D eigenvalue weighted by Gasteiger charge is 2.36. The summed E-state index contributed by atoms with van der Waals surface area (Å²) in [6.07, 6.45) is 3.53. The van der Waals surface area contributed by atoms with E-state index in [9.17, 15) is 18.8 Å². The number of halogens is 3. The van der Waals surface area contributed by atoms with Gasteiger partial charge in [0.1, 0.15) is 23.7 Å². The second-order valence-corrected chi connectivity index (χ2v) is 9.13. The number of allylic oxidation sites excluding steroid dienone is 1. The summed E-state index contributed by atoms with van der Waals surface area (Å²) in [6.45, 7) is 3.92. The third-order valence-corrected chi connectivity index (χ3v) is 6.12. The Bertz CT molecular complexity index is 1410. The van der Waals surface area contributed by atoms with Crippen LogP contribution >= 0.6 is 27.5 Å². The number of nitrogens with zero attached hydrogens (tertiary/aromatic N) is 1. The normalized spacial score (nSPS) is 14.7. The molecule has 0 spiro atoms. The van der Waals surface area contributed by atoms with E-state index in [4.69, 9.17) is 16.3 Å². The molecule has 182 valence electrons. The third-order valence-electron chi connectivity index (χ3n) is 5.28. The minimum atomic E-state index is -0.848. The van der Waals surface area contributed by atoms with E-state index < -0.39 is 17.8 Å². The van der Waals surface area contributed by atoms with Crippen LogP contribution in [0.2, 0.25) is 5.02 Å². The van der Waals surface area contributed by atoms with E-state index in [-0.39, 0.29) is 23.7 Å². The maximum Gasteiger partial charge on any atom is 0.335 e. The van der Waals surface area contributed by atoms with Crippen molar-refractivity contribution in [1.29, 1.82) is 0 Å². The van der Waals surface area contributed by atoms with Gasteiger partial charge in [-0.25, -0.2) is 14.1 Å². The lowest BCUT2D eigenvalue weighted by molar-refractivity contribution is -0.122. The molecule has 0 atom stereocenters. The standard InChI is InChI=1S/C27H19BrClFN2O4/c1-2-4-18-11-17(14-23(28)24(18)36-15-16-5-3-6-20(30)12-16)13-22-25(33)31-27(35)32(26(22)34)21-9-7-19(29)8-10-21/h2-3,5-14H,1,4,15H2,(H,31,33,35)/b22-13+. The number of hydrogen-bond donors (Lipinski definition) is 1. The molecule has 1 heterocycles. The van der Waals surface area contributed by atoms with E-state index in [0.717, 1.165) is 10.5 Å². The molecule has 1 N–H and O–H groups in total. The van der Waals surface area contributed by atoms with Gasteiger partial charge in [-0.1, -0.05) is 29.8 Å². The van der Waals surface area contributed by atoms with Gasteiger partial charge in [0.2, 0.25) is 0 Å². The lowest BCUT2D eigenvalue weighted by Crippen LogP contribution is -2.54. The molecule has 0 unspecified atom stereocenters. The Morgan fingerprint density at radius 2 is 1.83 bits per heavy atom. The molecule has 4 amide bonds. The van der Waals surface area contributed by atoms with E-state index in [1.54, 1.807) is 42.5 Å². The highest BCUT2D eigenvalue weighted by Crippen LogP contribution is 2.34. The Labute approximate surface area is 220 Å². The van der Waals surface area contributed by atoms with Crippen molar-refractivity contribution in [3.63, 3.8) is 0 Å². The smallest absolute Gasteiger partial charge is 0.335 e. The summed E-state index contributed by atoms with van der Waals surface area (Å²) < 4.78 is 20.0. The molecule has 9 heteroatoms. The first-order valence-corrected chi connectivity index (χ1v) is 11.9. The number of hydrogen-bond acceptors (Lipinski definition) is 4. The quantitative estimate of drug-likeness (QED) is 0.208. The highest BCUT2D eigenvalue weighted by molar-refractivity contribution is 9.10. The number of amides is 4. The van der Waals surface area contributed by atoms with Crippen LogP contribution in [0.15, 0.2) is 83.4 Å². The molecule has 3 aromatic carbocycles. The van der Waals surface area contributed by atoms with Gasteiger partial charge in [-0.05, 0) is 93.6 Å². The van der Waals surface area contributed by atoms with Crippen LogP contribution in [0.1, 0.15) is 16.7 Å². The fourth-order valence-corrected chi connectivity index (χ4v) is 4.42. The zero-order valence-corrected chi connectivity index (χ0v) is 21.1. The first kappa shape index (κ1) is 25.3. The molecule has 1 aliphatic heterocycles. The molecule has 4 rings (SSSR count). The van der Waals surface area contributed by atoms with Crippen LogP contribution in [0.25, 0.3) is 6.08 Å². The van der Waals surface area contributed by atoms with E-state index in [1.165, 1.54) is 30.3 Å². The number of rotatable bonds is 7. The summed E-state index contributed by atoms with van der Waals surface area (Å²) in [5, 5.41) is 2.63. The fraction of sp³-hybridized carbons (Fsp3) is 0.0741. The van der Waals surface area contributed by atoms with Gasteiger partial charge in [0.15, 0.2) is 0 Å². The number of benzene rings is 3. The van der Waals surface area contributed by atoms with Crippen LogP contribution in [0.4, 0.5) is 14.9 Å². The predicted octanol–water partition coefficient (Wildman–Crippen LogP) is 6.22. The highest BCUT2D eigenvalue weighted by atomic mass is 79.9.